The third-order valence-corrected chi connectivity index (χ3v) is 0.707. The van der Waals surface area contributed by atoms with E-state index in [1.807, 2.05) is 0 Å². The molecule has 0 saturated carbocycles. The summed E-state index contributed by atoms with van der Waals surface area (Å²) in [6.45, 7) is 0. The van der Waals surface area contributed by atoms with Gasteiger partial charge < -0.3 is 10.8 Å². The summed E-state index contributed by atoms with van der Waals surface area (Å²) in [5, 5.41) is 8.04. The van der Waals surface area contributed by atoms with Gasteiger partial charge >= 0.3 is 5.97 Å². The monoisotopic (exact) mass is 125 g/mol. The molecule has 0 heterocycles. The first-order chi connectivity index (χ1) is 3.50. The zero-order valence-electron chi connectivity index (χ0n) is 4.52. The summed E-state index contributed by atoms with van der Waals surface area (Å²) >= 11 is 4.99. The molecular weight excluding hydrogens is 117 g/mol. The number of rotatable bonds is 2. The third kappa shape index (κ3) is 2.42. The van der Waals surface area contributed by atoms with E-state index < -0.39 is 17.9 Å². The quantitative estimate of drug-likeness (QED) is 0.496. The average Bonchev–Trinajstić information content (AvgIpc) is 1.67. The van der Waals surface area contributed by atoms with E-state index in [1.54, 1.807) is 0 Å². The van der Waals surface area contributed by atoms with Crippen molar-refractivity contribution in [1.82, 2.24) is 0 Å². The van der Waals surface area contributed by atoms with Gasteiger partial charge in [-0.3, -0.25) is 4.79 Å². The summed E-state index contributed by atoms with van der Waals surface area (Å²) in [5.41, 5.74) is 4.79. The fraction of sp³-hybridized carbons (Fsp3) is 0.667. The lowest BCUT2D eigenvalue weighted by atomic mass is 10.4. The Balaban J connectivity index is 3.91. The number of nitrogens with two attached hydrogens (primary N) is 1. The number of aliphatic carboxylic acids is 1. The van der Waals surface area contributed by atoms with Gasteiger partial charge in [0.05, 0.1) is 1.37 Å². The van der Waals surface area contributed by atoms with E-state index in [1.165, 1.54) is 0 Å². The van der Waals surface area contributed by atoms with Crippen molar-refractivity contribution in [3.05, 3.63) is 0 Å². The molecule has 0 fully saturated rings. The normalized spacial score (nSPS) is 20.0. The number of carbonyl (C=O) groups is 1. The van der Waals surface area contributed by atoms with E-state index in [9.17, 15) is 4.79 Å². The molecule has 0 aromatic carbocycles. The Hall–Kier alpha value is -0.280. The second-order valence-corrected chi connectivity index (χ2v) is 1.23. The maximum absolute atomic E-state index is 9.86. The Morgan fingerprint density at radius 3 is 2.71 bits per heavy atom. The van der Waals surface area contributed by atoms with Gasteiger partial charge in [-0.05, 0) is 0 Å². The molecule has 3 N–H and O–H groups in total. The Morgan fingerprint density at radius 1 is 2.29 bits per heavy atom. The second-order valence-electron chi connectivity index (χ2n) is 0.964. The molecule has 42 valence electrons. The van der Waals surface area contributed by atoms with Crippen molar-refractivity contribution < 1.29 is 11.3 Å². The molecule has 7 heavy (non-hydrogen) atoms. The van der Waals surface area contributed by atoms with E-state index in [4.69, 9.17) is 23.8 Å². The number of halogens is 1. The second kappa shape index (κ2) is 2.82. The van der Waals surface area contributed by atoms with E-state index in [-0.39, 0.29) is 0 Å². The minimum absolute atomic E-state index is 0.400. The summed E-state index contributed by atoms with van der Waals surface area (Å²) in [5.74, 6) is -1.81. The molecule has 0 aliphatic heterocycles. The molecular formula is C3H6ClNO2. The van der Waals surface area contributed by atoms with Crippen molar-refractivity contribution in [2.24, 2.45) is 5.73 Å². The zero-order valence-corrected chi connectivity index (χ0v) is 4.27. The van der Waals surface area contributed by atoms with Crippen molar-refractivity contribution >= 4 is 17.6 Å². The maximum Gasteiger partial charge on any atom is 0.321 e. The molecule has 0 aliphatic carbocycles. The number of hydrogen-bond donors (Lipinski definition) is 2. The van der Waals surface area contributed by atoms with Gasteiger partial charge in [0.1, 0.15) is 6.02 Å². The van der Waals surface area contributed by atoms with Crippen LogP contribution in [-0.4, -0.2) is 23.0 Å². The van der Waals surface area contributed by atoms with Crippen LogP contribution in [0.25, 0.3) is 0 Å². The first-order valence-corrected chi connectivity index (χ1v) is 2.12. The lowest BCUT2D eigenvalue weighted by Gasteiger charge is -1.95. The van der Waals surface area contributed by atoms with Crippen LogP contribution in [0.2, 0.25) is 0 Å². The van der Waals surface area contributed by atoms with Crippen LogP contribution in [0.3, 0.4) is 0 Å². The summed E-state index contributed by atoms with van der Waals surface area (Å²) < 4.78 is 6.68. The highest BCUT2D eigenvalue weighted by molar-refractivity contribution is 6.19. The number of carboxylic acids is 1. The molecule has 3 nitrogen and oxygen atoms in total. The molecule has 0 aliphatic rings. The average molecular weight is 126 g/mol. The SMILES string of the molecule is [3H]C(N)(CCl)C(=O)O. The summed E-state index contributed by atoms with van der Waals surface area (Å²) in [6, 6.07) is -2.03. The van der Waals surface area contributed by atoms with E-state index in [0.29, 0.717) is 0 Å². The van der Waals surface area contributed by atoms with Gasteiger partial charge in [-0.25, -0.2) is 0 Å². The van der Waals surface area contributed by atoms with Gasteiger partial charge in [-0.2, -0.15) is 0 Å². The Morgan fingerprint density at radius 2 is 2.71 bits per heavy atom. The standard InChI is InChI=1S/C3H6ClNO2/c4-1-2(5)3(6)7/h2H,1,5H2,(H,6,7)/i2T. The maximum atomic E-state index is 9.86. The van der Waals surface area contributed by atoms with Crippen LogP contribution >= 0.6 is 11.6 Å². The lowest BCUT2D eigenvalue weighted by Crippen LogP contribution is -2.31. The predicted octanol–water partition coefficient (Wildman–Crippen LogP) is -0.363. The largest absolute Gasteiger partial charge is 0.480 e. The highest BCUT2D eigenvalue weighted by Gasteiger charge is 2.07. The Kier molecular flexibility index (Phi) is 1.96. The fourth-order valence-electron chi connectivity index (χ4n) is 0.0572. The summed E-state index contributed by atoms with van der Waals surface area (Å²) in [7, 11) is 0. The van der Waals surface area contributed by atoms with Crippen molar-refractivity contribution in [1.29, 1.82) is 0 Å². The molecule has 1 atom stereocenters. The van der Waals surface area contributed by atoms with Gasteiger partial charge in [0, 0.05) is 5.88 Å². The summed E-state index contributed by atoms with van der Waals surface area (Å²) in [4.78, 5) is 9.86. The van der Waals surface area contributed by atoms with Crippen LogP contribution in [0.5, 0.6) is 0 Å². The van der Waals surface area contributed by atoms with Crippen molar-refractivity contribution in [3.8, 4) is 0 Å². The topological polar surface area (TPSA) is 63.3 Å². The van der Waals surface area contributed by atoms with Crippen LogP contribution in [0.15, 0.2) is 0 Å². The molecule has 1 unspecified atom stereocenters. The van der Waals surface area contributed by atoms with Gasteiger partial charge in [0.25, 0.3) is 0 Å². The minimum Gasteiger partial charge on any atom is -0.480 e. The van der Waals surface area contributed by atoms with E-state index >= 15 is 0 Å². The molecule has 4 heteroatoms. The van der Waals surface area contributed by atoms with Crippen LogP contribution < -0.4 is 5.73 Å². The van der Waals surface area contributed by atoms with Gasteiger partial charge in [0.2, 0.25) is 0 Å². The Bertz CT molecular complexity index is 105. The molecule has 0 aromatic heterocycles. The number of hydrogen-bond acceptors (Lipinski definition) is 2. The van der Waals surface area contributed by atoms with E-state index in [0.717, 1.165) is 0 Å². The minimum atomic E-state index is -2.03. The molecule has 0 spiro atoms. The van der Waals surface area contributed by atoms with Crippen LogP contribution in [0, 0.1) is 0 Å². The Labute approximate surface area is 47.5 Å². The molecule has 0 bridgehead atoms. The highest BCUT2D eigenvalue weighted by atomic mass is 35.5. The van der Waals surface area contributed by atoms with Gasteiger partial charge in [-0.15, -0.1) is 11.6 Å². The molecule has 0 radical (unpaired) electrons. The van der Waals surface area contributed by atoms with Crippen molar-refractivity contribution in [3.63, 3.8) is 0 Å². The number of alkyl halides is 1. The zero-order chi connectivity index (χ0) is 6.78. The smallest absolute Gasteiger partial charge is 0.321 e. The third-order valence-electron chi connectivity index (χ3n) is 0.419. The molecule has 0 amide bonds. The van der Waals surface area contributed by atoms with Crippen LogP contribution in [-0.2, 0) is 4.79 Å². The highest BCUT2D eigenvalue weighted by Crippen LogP contribution is 1.80. The van der Waals surface area contributed by atoms with Crippen molar-refractivity contribution in [2.75, 3.05) is 5.88 Å². The van der Waals surface area contributed by atoms with E-state index in [2.05, 4.69) is 0 Å². The van der Waals surface area contributed by atoms with Crippen molar-refractivity contribution in [2.45, 2.75) is 6.02 Å². The fourth-order valence-corrected chi connectivity index (χ4v) is 0.171. The molecule has 0 aromatic rings. The number of carboxylic acid groups (broad SMARTS) is 1. The van der Waals surface area contributed by atoms with Gasteiger partial charge in [-0.1, -0.05) is 0 Å². The first kappa shape index (κ1) is 4.87. The van der Waals surface area contributed by atoms with Gasteiger partial charge in [0.15, 0.2) is 0 Å². The summed E-state index contributed by atoms with van der Waals surface area (Å²) in [6.07, 6.45) is 0. The molecule has 0 saturated heterocycles. The molecule has 0 rings (SSSR count). The van der Waals surface area contributed by atoms with Crippen LogP contribution in [0.1, 0.15) is 1.37 Å². The van der Waals surface area contributed by atoms with Crippen LogP contribution in [0.4, 0.5) is 0 Å². The lowest BCUT2D eigenvalue weighted by molar-refractivity contribution is -0.137. The first-order valence-electron chi connectivity index (χ1n) is 2.09. The predicted molar refractivity (Wildman–Crippen MR) is 26.3 cm³/mol.